The molecule has 2 atom stereocenters. The van der Waals surface area contributed by atoms with Gasteiger partial charge in [0, 0.05) is 24.6 Å². The molecule has 0 spiro atoms. The second kappa shape index (κ2) is 10.7. The zero-order chi connectivity index (χ0) is 20.5. The molecular weight excluding hydrogens is 357 g/mol. The summed E-state index contributed by atoms with van der Waals surface area (Å²) in [5.41, 5.74) is 1.01. The van der Waals surface area contributed by atoms with Gasteiger partial charge in [-0.25, -0.2) is 4.98 Å². The van der Waals surface area contributed by atoms with Crippen molar-refractivity contribution in [2.75, 3.05) is 0 Å². The molecule has 1 amide bonds. The van der Waals surface area contributed by atoms with Crippen LogP contribution in [0.5, 0.6) is 0 Å². The lowest BCUT2D eigenvalue weighted by molar-refractivity contribution is -0.121. The molecule has 0 bridgehead atoms. The number of rotatable bonds is 10. The maximum Gasteiger partial charge on any atom is 0.455 e. The molecule has 8 heteroatoms. The fourth-order valence-electron chi connectivity index (χ4n) is 3.06. The molecule has 0 radical (unpaired) electrons. The van der Waals surface area contributed by atoms with Crippen LogP contribution in [0.15, 0.2) is 48.9 Å². The molecule has 0 aliphatic rings. The minimum Gasteiger partial charge on any atom is -0.427 e. The van der Waals surface area contributed by atoms with Crippen LogP contribution >= 0.6 is 0 Å². The highest BCUT2D eigenvalue weighted by atomic mass is 16.4. The summed E-state index contributed by atoms with van der Waals surface area (Å²) in [6, 6.07) is 8.55. The third-order valence-electron chi connectivity index (χ3n) is 4.43. The highest BCUT2D eigenvalue weighted by molar-refractivity contribution is 6.43. The molecule has 1 aromatic carbocycles. The van der Waals surface area contributed by atoms with E-state index in [1.165, 1.54) is 18.6 Å². The number of amides is 1. The fourth-order valence-corrected chi connectivity index (χ4v) is 3.06. The number of benzene rings is 1. The summed E-state index contributed by atoms with van der Waals surface area (Å²) in [6.45, 7) is 3.91. The van der Waals surface area contributed by atoms with E-state index in [1.807, 2.05) is 44.2 Å². The Morgan fingerprint density at radius 2 is 1.86 bits per heavy atom. The fraction of sp³-hybridized carbons (Fsp3) is 0.400. The highest BCUT2D eigenvalue weighted by Crippen LogP contribution is 2.24. The zero-order valence-electron chi connectivity index (χ0n) is 16.2. The first-order valence-corrected chi connectivity index (χ1v) is 9.36. The van der Waals surface area contributed by atoms with Crippen molar-refractivity contribution < 1.29 is 19.6 Å². The lowest BCUT2D eigenvalue weighted by atomic mass is 9.66. The minimum absolute atomic E-state index is 0.0336. The maximum atomic E-state index is 12.9. The third kappa shape index (κ3) is 6.86. The van der Waals surface area contributed by atoms with Gasteiger partial charge in [-0.3, -0.25) is 14.6 Å². The van der Waals surface area contributed by atoms with Crippen LogP contribution < -0.4 is 5.32 Å². The van der Waals surface area contributed by atoms with E-state index in [0.29, 0.717) is 12.8 Å². The van der Waals surface area contributed by atoms with Gasteiger partial charge in [0.2, 0.25) is 0 Å². The van der Waals surface area contributed by atoms with Crippen molar-refractivity contribution >= 4 is 18.8 Å². The van der Waals surface area contributed by atoms with Crippen molar-refractivity contribution in [3.05, 3.63) is 60.2 Å². The maximum absolute atomic E-state index is 12.9. The van der Waals surface area contributed by atoms with Crippen molar-refractivity contribution in [1.29, 1.82) is 0 Å². The van der Waals surface area contributed by atoms with E-state index in [4.69, 9.17) is 0 Å². The quantitative estimate of drug-likeness (QED) is 0.538. The smallest absolute Gasteiger partial charge is 0.427 e. The zero-order valence-corrected chi connectivity index (χ0v) is 16.2. The Hall–Kier alpha value is -2.58. The predicted molar refractivity (Wildman–Crippen MR) is 106 cm³/mol. The van der Waals surface area contributed by atoms with Crippen LogP contribution in [-0.4, -0.2) is 44.9 Å². The van der Waals surface area contributed by atoms with Crippen molar-refractivity contribution in [2.24, 2.45) is 5.92 Å². The van der Waals surface area contributed by atoms with E-state index in [2.05, 4.69) is 15.3 Å². The van der Waals surface area contributed by atoms with Crippen LogP contribution in [0.2, 0.25) is 5.82 Å². The second-order valence-corrected chi connectivity index (χ2v) is 7.28. The van der Waals surface area contributed by atoms with Crippen LogP contribution in [0.3, 0.4) is 0 Å². The molecule has 1 aromatic heterocycles. The van der Waals surface area contributed by atoms with Gasteiger partial charge in [-0.1, -0.05) is 44.2 Å². The Kier molecular flexibility index (Phi) is 8.29. The van der Waals surface area contributed by atoms with Gasteiger partial charge in [0.1, 0.15) is 5.69 Å². The topological polar surface area (TPSA) is 112 Å². The first-order valence-electron chi connectivity index (χ1n) is 9.36. The number of carbonyl (C=O) groups excluding carboxylic acids is 2. The molecule has 2 aromatic rings. The number of hydrogen-bond donors (Lipinski definition) is 3. The van der Waals surface area contributed by atoms with E-state index < -0.39 is 24.9 Å². The molecule has 28 heavy (non-hydrogen) atoms. The van der Waals surface area contributed by atoms with E-state index >= 15 is 0 Å². The van der Waals surface area contributed by atoms with Gasteiger partial charge in [-0.05, 0) is 24.3 Å². The molecule has 7 nitrogen and oxygen atoms in total. The molecule has 2 rings (SSSR count). The molecule has 1 heterocycles. The summed E-state index contributed by atoms with van der Waals surface area (Å²) >= 11 is 0. The van der Waals surface area contributed by atoms with Gasteiger partial charge < -0.3 is 15.4 Å². The van der Waals surface area contributed by atoms with Crippen molar-refractivity contribution in [3.63, 3.8) is 0 Å². The first kappa shape index (κ1) is 21.7. The predicted octanol–water partition coefficient (Wildman–Crippen LogP) is 1.67. The monoisotopic (exact) mass is 383 g/mol. The van der Waals surface area contributed by atoms with E-state index in [-0.39, 0.29) is 23.8 Å². The molecule has 0 saturated carbocycles. The van der Waals surface area contributed by atoms with E-state index in [9.17, 15) is 19.6 Å². The Morgan fingerprint density at radius 3 is 2.43 bits per heavy atom. The van der Waals surface area contributed by atoms with Gasteiger partial charge >= 0.3 is 7.12 Å². The van der Waals surface area contributed by atoms with Crippen LogP contribution in [0, 0.1) is 5.92 Å². The normalized spacial score (nSPS) is 13.0. The molecule has 0 fully saturated rings. The van der Waals surface area contributed by atoms with Gasteiger partial charge in [0.25, 0.3) is 5.91 Å². The number of aromatic nitrogens is 2. The highest BCUT2D eigenvalue weighted by Gasteiger charge is 2.31. The summed E-state index contributed by atoms with van der Waals surface area (Å²) in [5.74, 6) is -1.12. The Labute approximate surface area is 165 Å². The van der Waals surface area contributed by atoms with Gasteiger partial charge in [-0.15, -0.1) is 0 Å². The molecule has 148 valence electrons. The minimum atomic E-state index is -1.58. The number of hydrogen-bond acceptors (Lipinski definition) is 6. The summed E-state index contributed by atoms with van der Waals surface area (Å²) < 4.78 is 0. The molecule has 0 aliphatic heterocycles. The molecular formula is C20H26BN3O4. The average molecular weight is 383 g/mol. The number of nitrogens with one attached hydrogen (secondary N) is 1. The number of ketones is 1. The summed E-state index contributed by atoms with van der Waals surface area (Å²) in [5, 5.41) is 22.0. The molecule has 0 aliphatic carbocycles. The molecule has 0 saturated heterocycles. The average Bonchev–Trinajstić information content (AvgIpc) is 2.68. The largest absolute Gasteiger partial charge is 0.455 e. The SMILES string of the molecule is CC(C)C[C@H](CC(=O)[C@H](Cc1ccccc1)NC(=O)c1cnccn1)B(O)O. The summed E-state index contributed by atoms with van der Waals surface area (Å²) in [6.07, 6.45) is 4.97. The lowest BCUT2D eigenvalue weighted by Gasteiger charge is -2.22. The Bertz CT molecular complexity index is 757. The Morgan fingerprint density at radius 1 is 1.14 bits per heavy atom. The van der Waals surface area contributed by atoms with Crippen LogP contribution in [0.25, 0.3) is 0 Å². The number of nitrogens with zero attached hydrogens (tertiary/aromatic N) is 2. The van der Waals surface area contributed by atoms with Crippen molar-refractivity contribution in [1.82, 2.24) is 15.3 Å². The Balaban J connectivity index is 2.16. The summed E-state index contributed by atoms with van der Waals surface area (Å²) in [4.78, 5) is 33.3. The lowest BCUT2D eigenvalue weighted by Crippen LogP contribution is -2.43. The number of carbonyl (C=O) groups is 2. The van der Waals surface area contributed by atoms with E-state index in [0.717, 1.165) is 5.56 Å². The number of Topliss-reactive ketones (excluding diaryl/α,β-unsaturated/α-hetero) is 1. The van der Waals surface area contributed by atoms with Crippen molar-refractivity contribution in [3.8, 4) is 0 Å². The van der Waals surface area contributed by atoms with Gasteiger partial charge in [-0.2, -0.15) is 0 Å². The standard InChI is InChI=1S/C20H26BN3O4/c1-14(2)10-16(21(27)28)12-19(25)17(11-15-6-4-3-5-7-15)24-20(26)18-13-22-8-9-23-18/h3-9,13-14,16-17,27-28H,10-12H2,1-2H3,(H,24,26)/t16-,17+/m1/s1. The first-order chi connectivity index (χ1) is 13.4. The van der Waals surface area contributed by atoms with Crippen LogP contribution in [0.4, 0.5) is 0 Å². The summed E-state index contributed by atoms with van der Waals surface area (Å²) in [7, 11) is -1.58. The molecule has 3 N–H and O–H groups in total. The van der Waals surface area contributed by atoms with E-state index in [1.54, 1.807) is 0 Å². The second-order valence-electron chi connectivity index (χ2n) is 7.28. The van der Waals surface area contributed by atoms with Crippen LogP contribution in [-0.2, 0) is 11.2 Å². The molecule has 0 unspecified atom stereocenters. The van der Waals surface area contributed by atoms with Crippen molar-refractivity contribution in [2.45, 2.75) is 45.0 Å². The van der Waals surface area contributed by atoms with Crippen LogP contribution in [0.1, 0.15) is 42.7 Å². The van der Waals surface area contributed by atoms with Gasteiger partial charge in [0.15, 0.2) is 5.78 Å². The van der Waals surface area contributed by atoms with Gasteiger partial charge in [0.05, 0.1) is 12.2 Å². The third-order valence-corrected chi connectivity index (χ3v) is 4.43.